The molecule has 1 aliphatic carbocycles. The number of carbonyl (C=O) groups is 1. The highest BCUT2D eigenvalue weighted by Crippen LogP contribution is 2.44. The monoisotopic (exact) mass is 304 g/mol. The number of thioether (sulfide) groups is 1. The van der Waals surface area contributed by atoms with Crippen molar-refractivity contribution in [3.63, 3.8) is 0 Å². The van der Waals surface area contributed by atoms with Gasteiger partial charge in [0, 0.05) is 12.0 Å². The number of aliphatic imine (C=N–C) groups is 1. The van der Waals surface area contributed by atoms with Gasteiger partial charge in [-0.3, -0.25) is 9.79 Å². The predicted molar refractivity (Wildman–Crippen MR) is 85.4 cm³/mol. The van der Waals surface area contributed by atoms with Gasteiger partial charge in [-0.1, -0.05) is 30.3 Å². The second kappa shape index (κ2) is 5.81. The zero-order valence-corrected chi connectivity index (χ0v) is 12.9. The molecule has 0 bridgehead atoms. The first-order valence-electron chi connectivity index (χ1n) is 7.28. The Kier molecular flexibility index (Phi) is 4.04. The number of nitrogens with one attached hydrogen (secondary N) is 1. The first kappa shape index (κ1) is 14.6. The molecule has 2 N–H and O–H groups in total. The third-order valence-corrected chi connectivity index (χ3v) is 5.46. The van der Waals surface area contributed by atoms with Crippen LogP contribution >= 0.6 is 11.8 Å². The molecule has 0 aromatic heterocycles. The van der Waals surface area contributed by atoms with Crippen molar-refractivity contribution >= 4 is 22.7 Å². The number of aliphatic hydroxyl groups excluding tert-OH is 1. The standard InChI is InChI=1S/C16H20N2O2S/c1-11-18-13(14(21-11)12-5-3-2-4-6-12)15(20)17-9-16(10-19)7-8-16/h2-6,13-14,19H,7-10H2,1H3,(H,17,20). The lowest BCUT2D eigenvalue weighted by Gasteiger charge is -2.19. The van der Waals surface area contributed by atoms with Crippen LogP contribution in [0, 0.1) is 5.41 Å². The molecule has 0 spiro atoms. The summed E-state index contributed by atoms with van der Waals surface area (Å²) in [4.78, 5) is 17.0. The van der Waals surface area contributed by atoms with E-state index >= 15 is 0 Å². The largest absolute Gasteiger partial charge is 0.396 e. The average molecular weight is 304 g/mol. The average Bonchev–Trinajstić information content (AvgIpc) is 3.20. The van der Waals surface area contributed by atoms with Gasteiger partial charge in [0.1, 0.15) is 6.04 Å². The molecule has 1 aliphatic heterocycles. The van der Waals surface area contributed by atoms with Gasteiger partial charge in [-0.15, -0.1) is 11.8 Å². The van der Waals surface area contributed by atoms with E-state index in [1.807, 2.05) is 37.3 Å². The summed E-state index contributed by atoms with van der Waals surface area (Å²) in [6.45, 7) is 2.65. The Morgan fingerprint density at radius 2 is 2.14 bits per heavy atom. The molecule has 5 heteroatoms. The van der Waals surface area contributed by atoms with E-state index in [-0.39, 0.29) is 29.2 Å². The molecule has 0 saturated heterocycles. The number of aliphatic hydroxyl groups is 1. The van der Waals surface area contributed by atoms with Crippen molar-refractivity contribution in [2.45, 2.75) is 31.1 Å². The van der Waals surface area contributed by atoms with E-state index in [4.69, 9.17) is 0 Å². The molecule has 3 rings (SSSR count). The van der Waals surface area contributed by atoms with Crippen molar-refractivity contribution < 1.29 is 9.90 Å². The lowest BCUT2D eigenvalue weighted by molar-refractivity contribution is -0.122. The number of benzene rings is 1. The van der Waals surface area contributed by atoms with Crippen molar-refractivity contribution in [2.24, 2.45) is 10.4 Å². The number of amides is 1. The number of hydrogen-bond donors (Lipinski definition) is 2. The Morgan fingerprint density at radius 1 is 1.43 bits per heavy atom. The lowest BCUT2D eigenvalue weighted by Crippen LogP contribution is -2.39. The second-order valence-electron chi connectivity index (χ2n) is 5.92. The maximum Gasteiger partial charge on any atom is 0.246 e. The van der Waals surface area contributed by atoms with E-state index < -0.39 is 0 Å². The van der Waals surface area contributed by atoms with Crippen molar-refractivity contribution in [1.29, 1.82) is 0 Å². The fourth-order valence-electron chi connectivity index (χ4n) is 2.58. The van der Waals surface area contributed by atoms with Gasteiger partial charge in [0.2, 0.25) is 5.91 Å². The SMILES string of the molecule is CC1=NC(C(=O)NCC2(CO)CC2)C(c2ccccc2)S1. The van der Waals surface area contributed by atoms with Crippen LogP contribution in [-0.4, -0.2) is 35.3 Å². The van der Waals surface area contributed by atoms with Crippen LogP contribution in [0.4, 0.5) is 0 Å². The first-order chi connectivity index (χ1) is 10.1. The molecule has 1 fully saturated rings. The molecule has 1 amide bonds. The topological polar surface area (TPSA) is 61.7 Å². The maximum absolute atomic E-state index is 12.5. The van der Waals surface area contributed by atoms with Gasteiger partial charge >= 0.3 is 0 Å². The fraction of sp³-hybridized carbons (Fsp3) is 0.500. The molecule has 2 aliphatic rings. The highest BCUT2D eigenvalue weighted by Gasteiger charge is 2.43. The van der Waals surface area contributed by atoms with E-state index in [0.717, 1.165) is 23.4 Å². The highest BCUT2D eigenvalue weighted by atomic mass is 32.2. The summed E-state index contributed by atoms with van der Waals surface area (Å²) in [5.74, 6) is -0.0343. The molecule has 1 aromatic carbocycles. The van der Waals surface area contributed by atoms with Crippen molar-refractivity contribution in [2.75, 3.05) is 13.2 Å². The smallest absolute Gasteiger partial charge is 0.246 e. The van der Waals surface area contributed by atoms with Gasteiger partial charge in [0.25, 0.3) is 0 Å². The first-order valence-corrected chi connectivity index (χ1v) is 8.16. The number of carbonyl (C=O) groups excluding carboxylic acids is 1. The normalized spacial score (nSPS) is 26.3. The molecule has 4 nitrogen and oxygen atoms in total. The van der Waals surface area contributed by atoms with E-state index in [1.54, 1.807) is 11.8 Å². The van der Waals surface area contributed by atoms with E-state index in [1.165, 1.54) is 0 Å². The minimum Gasteiger partial charge on any atom is -0.396 e. The van der Waals surface area contributed by atoms with Crippen LogP contribution < -0.4 is 5.32 Å². The minimum atomic E-state index is -0.369. The molecule has 1 aromatic rings. The van der Waals surface area contributed by atoms with Crippen molar-refractivity contribution in [1.82, 2.24) is 5.32 Å². The molecular weight excluding hydrogens is 284 g/mol. The van der Waals surface area contributed by atoms with Crippen LogP contribution in [0.5, 0.6) is 0 Å². The Hall–Kier alpha value is -1.33. The van der Waals surface area contributed by atoms with Gasteiger partial charge in [-0.25, -0.2) is 0 Å². The van der Waals surface area contributed by atoms with E-state index in [0.29, 0.717) is 6.54 Å². The van der Waals surface area contributed by atoms with Gasteiger partial charge in [0.05, 0.1) is 16.9 Å². The minimum absolute atomic E-state index is 0.0343. The summed E-state index contributed by atoms with van der Waals surface area (Å²) in [6.07, 6.45) is 1.99. The Labute approximate surface area is 129 Å². The maximum atomic E-state index is 12.5. The van der Waals surface area contributed by atoms with Crippen LogP contribution in [0.15, 0.2) is 35.3 Å². The number of rotatable bonds is 5. The highest BCUT2D eigenvalue weighted by molar-refractivity contribution is 8.14. The molecule has 112 valence electrons. The molecule has 2 unspecified atom stereocenters. The van der Waals surface area contributed by atoms with E-state index in [9.17, 15) is 9.90 Å². The Bertz CT molecular complexity index is 555. The second-order valence-corrected chi connectivity index (χ2v) is 7.25. The molecule has 0 radical (unpaired) electrons. The summed E-state index contributed by atoms with van der Waals surface area (Å²) >= 11 is 1.65. The van der Waals surface area contributed by atoms with Crippen LogP contribution in [0.25, 0.3) is 0 Å². The summed E-state index contributed by atoms with van der Waals surface area (Å²) < 4.78 is 0. The molecule has 1 saturated carbocycles. The van der Waals surface area contributed by atoms with Crippen LogP contribution in [0.1, 0.15) is 30.6 Å². The zero-order valence-electron chi connectivity index (χ0n) is 12.1. The van der Waals surface area contributed by atoms with Crippen LogP contribution in [-0.2, 0) is 4.79 Å². The third kappa shape index (κ3) is 3.14. The van der Waals surface area contributed by atoms with Gasteiger partial charge in [-0.2, -0.15) is 0 Å². The molecular formula is C16H20N2O2S. The summed E-state index contributed by atoms with van der Waals surface area (Å²) in [5.41, 5.74) is 1.06. The van der Waals surface area contributed by atoms with Crippen molar-refractivity contribution in [3.05, 3.63) is 35.9 Å². The van der Waals surface area contributed by atoms with Crippen LogP contribution in [0.3, 0.4) is 0 Å². The number of nitrogens with zero attached hydrogens (tertiary/aromatic N) is 1. The Balaban J connectivity index is 1.68. The Morgan fingerprint density at radius 3 is 2.76 bits per heavy atom. The lowest BCUT2D eigenvalue weighted by atomic mass is 10.0. The van der Waals surface area contributed by atoms with Crippen molar-refractivity contribution in [3.8, 4) is 0 Å². The zero-order chi connectivity index (χ0) is 14.9. The van der Waals surface area contributed by atoms with Gasteiger partial charge < -0.3 is 10.4 Å². The summed E-state index contributed by atoms with van der Waals surface area (Å²) in [7, 11) is 0. The summed E-state index contributed by atoms with van der Waals surface area (Å²) in [5, 5.41) is 13.3. The predicted octanol–water partition coefficient (Wildman–Crippen LogP) is 2.15. The van der Waals surface area contributed by atoms with Crippen LogP contribution in [0.2, 0.25) is 0 Å². The van der Waals surface area contributed by atoms with Gasteiger partial charge in [-0.05, 0) is 25.3 Å². The quantitative estimate of drug-likeness (QED) is 0.876. The third-order valence-electron chi connectivity index (χ3n) is 4.23. The molecule has 21 heavy (non-hydrogen) atoms. The molecule has 1 heterocycles. The molecule has 2 atom stereocenters. The number of hydrogen-bond acceptors (Lipinski definition) is 4. The van der Waals surface area contributed by atoms with Gasteiger partial charge in [0.15, 0.2) is 0 Å². The fourth-order valence-corrected chi connectivity index (χ4v) is 3.73. The summed E-state index contributed by atoms with van der Waals surface area (Å²) in [6, 6.07) is 9.67. The van der Waals surface area contributed by atoms with E-state index in [2.05, 4.69) is 10.3 Å².